The standard InChI is InChI=1S/C25H19N3O3/c29-23(19-7-4-12-26-14-19)17-8-10-18(11-9-17)25-28-22(15-31-25)24(30)27-21-13-20(21)16-5-2-1-3-6-16/h1-12,14-15,20-21H,13H2,(H,27,30)/t20-,21+/m1/s1. The predicted octanol–water partition coefficient (Wildman–Crippen LogP) is 4.25. The molecule has 0 aliphatic heterocycles. The van der Waals surface area contributed by atoms with Crippen molar-refractivity contribution in [2.45, 2.75) is 18.4 Å². The van der Waals surface area contributed by atoms with E-state index < -0.39 is 0 Å². The number of nitrogens with zero attached hydrogens (tertiary/aromatic N) is 2. The summed E-state index contributed by atoms with van der Waals surface area (Å²) in [4.78, 5) is 33.3. The maximum Gasteiger partial charge on any atom is 0.273 e. The molecule has 6 heteroatoms. The van der Waals surface area contributed by atoms with Crippen LogP contribution in [0.15, 0.2) is 89.8 Å². The zero-order chi connectivity index (χ0) is 21.2. The molecule has 0 saturated heterocycles. The van der Waals surface area contributed by atoms with Crippen molar-refractivity contribution in [1.82, 2.24) is 15.3 Å². The highest BCUT2D eigenvalue weighted by Gasteiger charge is 2.39. The Labute approximate surface area is 179 Å². The molecule has 0 bridgehead atoms. The summed E-state index contributed by atoms with van der Waals surface area (Å²) in [6, 6.07) is 20.7. The fraction of sp³-hybridized carbons (Fsp3) is 0.120. The molecule has 1 aliphatic carbocycles. The van der Waals surface area contributed by atoms with Gasteiger partial charge < -0.3 is 9.73 Å². The fourth-order valence-electron chi connectivity index (χ4n) is 3.60. The lowest BCUT2D eigenvalue weighted by molar-refractivity contribution is 0.0944. The van der Waals surface area contributed by atoms with E-state index in [0.717, 1.165) is 6.42 Å². The SMILES string of the molecule is O=C(c1ccc(-c2nc(C(=O)N[C@H]3C[C@@H]3c3ccccc3)co2)cc1)c1cccnc1. The van der Waals surface area contributed by atoms with E-state index in [1.54, 1.807) is 42.6 Å². The fourth-order valence-corrected chi connectivity index (χ4v) is 3.60. The van der Waals surface area contributed by atoms with Gasteiger partial charge in [0.15, 0.2) is 11.5 Å². The van der Waals surface area contributed by atoms with Crippen molar-refractivity contribution < 1.29 is 14.0 Å². The molecule has 31 heavy (non-hydrogen) atoms. The minimum atomic E-state index is -0.248. The monoisotopic (exact) mass is 409 g/mol. The molecule has 2 heterocycles. The summed E-state index contributed by atoms with van der Waals surface area (Å²) in [5.74, 6) is 0.327. The van der Waals surface area contributed by atoms with E-state index in [1.165, 1.54) is 18.0 Å². The molecular formula is C25H19N3O3. The predicted molar refractivity (Wildman–Crippen MR) is 115 cm³/mol. The molecule has 1 N–H and O–H groups in total. The molecule has 2 atom stereocenters. The first kappa shape index (κ1) is 18.9. The maximum atomic E-state index is 12.5. The zero-order valence-electron chi connectivity index (χ0n) is 16.6. The molecule has 0 radical (unpaired) electrons. The first-order chi connectivity index (χ1) is 15.2. The van der Waals surface area contributed by atoms with E-state index in [0.29, 0.717) is 28.5 Å². The summed E-state index contributed by atoms with van der Waals surface area (Å²) in [5.41, 5.74) is 3.23. The Hall–Kier alpha value is -4.06. The van der Waals surface area contributed by atoms with Gasteiger partial charge in [-0.3, -0.25) is 14.6 Å². The zero-order valence-corrected chi connectivity index (χ0v) is 16.6. The van der Waals surface area contributed by atoms with Crippen LogP contribution in [0.1, 0.15) is 44.3 Å². The van der Waals surface area contributed by atoms with E-state index in [1.807, 2.05) is 18.2 Å². The summed E-state index contributed by atoms with van der Waals surface area (Å²) < 4.78 is 5.50. The Bertz CT molecular complexity index is 1220. The molecule has 0 spiro atoms. The van der Waals surface area contributed by atoms with Gasteiger partial charge >= 0.3 is 0 Å². The number of benzene rings is 2. The molecule has 5 rings (SSSR count). The largest absolute Gasteiger partial charge is 0.444 e. The first-order valence-corrected chi connectivity index (χ1v) is 10.1. The third-order valence-corrected chi connectivity index (χ3v) is 5.39. The highest BCUT2D eigenvalue weighted by atomic mass is 16.3. The number of hydrogen-bond donors (Lipinski definition) is 1. The highest BCUT2D eigenvalue weighted by molar-refractivity contribution is 6.08. The van der Waals surface area contributed by atoms with Crippen molar-refractivity contribution in [1.29, 1.82) is 0 Å². The number of amides is 1. The van der Waals surface area contributed by atoms with E-state index >= 15 is 0 Å². The van der Waals surface area contributed by atoms with Gasteiger partial charge in [0.05, 0.1) is 0 Å². The Morgan fingerprint density at radius 1 is 0.935 bits per heavy atom. The van der Waals surface area contributed by atoms with Gasteiger partial charge in [-0.2, -0.15) is 0 Å². The first-order valence-electron chi connectivity index (χ1n) is 10.1. The van der Waals surface area contributed by atoms with Crippen molar-refractivity contribution in [2.24, 2.45) is 0 Å². The van der Waals surface area contributed by atoms with Crippen LogP contribution in [0.4, 0.5) is 0 Å². The van der Waals surface area contributed by atoms with E-state index in [9.17, 15) is 9.59 Å². The van der Waals surface area contributed by atoms with Crippen LogP contribution in [0, 0.1) is 0 Å². The summed E-state index contributed by atoms with van der Waals surface area (Å²) in [6.07, 6.45) is 5.45. The average molecular weight is 409 g/mol. The number of hydrogen-bond acceptors (Lipinski definition) is 5. The van der Waals surface area contributed by atoms with Gasteiger partial charge in [0.1, 0.15) is 6.26 Å². The Kier molecular flexibility index (Phi) is 4.88. The molecule has 152 valence electrons. The van der Waals surface area contributed by atoms with Crippen LogP contribution < -0.4 is 5.32 Å². The van der Waals surface area contributed by atoms with Gasteiger partial charge in [0.25, 0.3) is 5.91 Å². The number of nitrogens with one attached hydrogen (secondary N) is 1. The molecule has 2 aromatic heterocycles. The van der Waals surface area contributed by atoms with E-state index in [2.05, 4.69) is 27.4 Å². The van der Waals surface area contributed by atoms with Gasteiger partial charge in [-0.25, -0.2) is 4.98 Å². The molecule has 1 aliphatic rings. The lowest BCUT2D eigenvalue weighted by Gasteiger charge is -2.02. The van der Waals surface area contributed by atoms with Crippen molar-refractivity contribution in [3.63, 3.8) is 0 Å². The van der Waals surface area contributed by atoms with Crippen molar-refractivity contribution >= 4 is 11.7 Å². The van der Waals surface area contributed by atoms with Gasteiger partial charge in [-0.1, -0.05) is 42.5 Å². The van der Waals surface area contributed by atoms with Crippen molar-refractivity contribution in [3.05, 3.63) is 108 Å². The van der Waals surface area contributed by atoms with Gasteiger partial charge in [-0.15, -0.1) is 0 Å². The van der Waals surface area contributed by atoms with E-state index in [-0.39, 0.29) is 23.4 Å². The van der Waals surface area contributed by atoms with E-state index in [4.69, 9.17) is 4.42 Å². The van der Waals surface area contributed by atoms with Crippen molar-refractivity contribution in [3.8, 4) is 11.5 Å². The van der Waals surface area contributed by atoms with Crippen LogP contribution in [0.2, 0.25) is 0 Å². The minimum Gasteiger partial charge on any atom is -0.444 e. The number of oxazole rings is 1. The second-order valence-corrected chi connectivity index (χ2v) is 7.52. The second kappa shape index (κ2) is 7.99. The van der Waals surface area contributed by atoms with Crippen LogP contribution in [0.3, 0.4) is 0 Å². The summed E-state index contributed by atoms with van der Waals surface area (Å²) in [5, 5.41) is 3.01. The number of carbonyl (C=O) groups is 2. The minimum absolute atomic E-state index is 0.107. The Morgan fingerprint density at radius 3 is 2.48 bits per heavy atom. The smallest absolute Gasteiger partial charge is 0.273 e. The second-order valence-electron chi connectivity index (χ2n) is 7.52. The number of carbonyl (C=O) groups excluding carboxylic acids is 2. The van der Waals surface area contributed by atoms with Crippen LogP contribution in [-0.2, 0) is 0 Å². The molecule has 6 nitrogen and oxygen atoms in total. The molecular weight excluding hydrogens is 390 g/mol. The quantitative estimate of drug-likeness (QED) is 0.481. The third kappa shape index (κ3) is 4.00. The van der Waals surface area contributed by atoms with Gasteiger partial charge in [-0.05, 0) is 36.2 Å². The molecule has 1 fully saturated rings. The molecule has 2 aromatic carbocycles. The molecule has 0 unspecified atom stereocenters. The number of rotatable bonds is 6. The van der Waals surface area contributed by atoms with Gasteiger partial charge in [0.2, 0.25) is 5.89 Å². The van der Waals surface area contributed by atoms with Crippen LogP contribution >= 0.6 is 0 Å². The summed E-state index contributed by atoms with van der Waals surface area (Å²) >= 11 is 0. The highest BCUT2D eigenvalue weighted by Crippen LogP contribution is 2.40. The van der Waals surface area contributed by atoms with Crippen LogP contribution in [0.25, 0.3) is 11.5 Å². The number of pyridine rings is 1. The van der Waals surface area contributed by atoms with Gasteiger partial charge in [0, 0.05) is 41.0 Å². The Morgan fingerprint density at radius 2 is 1.74 bits per heavy atom. The Balaban J connectivity index is 1.24. The third-order valence-electron chi connectivity index (χ3n) is 5.39. The average Bonchev–Trinajstić information content (AvgIpc) is 3.41. The molecule has 4 aromatic rings. The van der Waals surface area contributed by atoms with Crippen LogP contribution in [-0.4, -0.2) is 27.7 Å². The van der Waals surface area contributed by atoms with Crippen molar-refractivity contribution in [2.75, 3.05) is 0 Å². The molecule has 1 amide bonds. The normalized spacial score (nSPS) is 17.2. The topological polar surface area (TPSA) is 85.1 Å². The number of ketones is 1. The van der Waals surface area contributed by atoms with Crippen LogP contribution in [0.5, 0.6) is 0 Å². The summed E-state index contributed by atoms with van der Waals surface area (Å²) in [7, 11) is 0. The summed E-state index contributed by atoms with van der Waals surface area (Å²) in [6.45, 7) is 0. The number of aromatic nitrogens is 2. The molecule has 1 saturated carbocycles. The maximum absolute atomic E-state index is 12.5. The lowest BCUT2D eigenvalue weighted by Crippen LogP contribution is -2.26. The lowest BCUT2D eigenvalue weighted by atomic mass is 10.0.